The van der Waals surface area contributed by atoms with Gasteiger partial charge in [-0.15, -0.1) is 22.7 Å². The van der Waals surface area contributed by atoms with Crippen LogP contribution in [0.3, 0.4) is 0 Å². The highest BCUT2D eigenvalue weighted by Crippen LogP contribution is 2.70. The van der Waals surface area contributed by atoms with Gasteiger partial charge < -0.3 is 0 Å². The maximum Gasteiger partial charge on any atom is 0.164 e. The Bertz CT molecular complexity index is 7340. The van der Waals surface area contributed by atoms with Crippen molar-refractivity contribution >= 4 is 64.4 Å². The zero-order chi connectivity index (χ0) is 73.3. The molecule has 0 saturated heterocycles. The van der Waals surface area contributed by atoms with E-state index in [2.05, 4.69) is 346 Å². The highest BCUT2D eigenvalue weighted by atomic mass is 32.1. The van der Waals surface area contributed by atoms with Crippen LogP contribution in [-0.4, -0.2) is 29.9 Å². The molecule has 2 spiro atoms. The molecule has 0 bridgehead atoms. The molecule has 4 aromatic heterocycles. The van der Waals surface area contributed by atoms with Crippen molar-refractivity contribution < 1.29 is 0 Å². The van der Waals surface area contributed by atoms with Crippen molar-refractivity contribution in [2.24, 2.45) is 0 Å². The molecule has 4 heterocycles. The molecule has 0 aliphatic heterocycles. The number of nitrogens with zero attached hydrogens (tertiary/aromatic N) is 6. The fourth-order valence-corrected chi connectivity index (χ4v) is 22.2. The van der Waals surface area contributed by atoms with Crippen molar-refractivity contribution in [3.05, 3.63) is 407 Å². The van der Waals surface area contributed by atoms with Crippen LogP contribution in [0.15, 0.2) is 364 Å². The lowest BCUT2D eigenvalue weighted by Crippen LogP contribution is -2.25. The van der Waals surface area contributed by atoms with Crippen LogP contribution in [0.25, 0.3) is 188 Å². The lowest BCUT2D eigenvalue weighted by Gasteiger charge is -2.29. The molecular formula is C104H60N6S2. The van der Waals surface area contributed by atoms with E-state index in [1.165, 1.54) is 119 Å². The molecule has 4 aliphatic carbocycles. The number of thiophene rings is 2. The summed E-state index contributed by atoms with van der Waals surface area (Å²) in [6.45, 7) is 0. The van der Waals surface area contributed by atoms with Crippen LogP contribution in [0, 0.1) is 0 Å². The molecular weight excluding hydrogens is 1400 g/mol. The molecule has 112 heavy (non-hydrogen) atoms. The van der Waals surface area contributed by atoms with Crippen LogP contribution in [0.2, 0.25) is 0 Å². The molecule has 4 aliphatic rings. The summed E-state index contributed by atoms with van der Waals surface area (Å²) >= 11 is 3.87. The van der Waals surface area contributed by atoms with Gasteiger partial charge in [0, 0.05) is 74.4 Å². The van der Waals surface area contributed by atoms with E-state index in [-0.39, 0.29) is 0 Å². The Morgan fingerprint density at radius 3 is 0.991 bits per heavy atom. The van der Waals surface area contributed by atoms with E-state index in [1.807, 2.05) is 40.9 Å². The van der Waals surface area contributed by atoms with E-state index in [0.717, 1.165) is 77.2 Å². The minimum absolute atomic E-state index is 0.449. The normalized spacial score (nSPS) is 14.2. The van der Waals surface area contributed by atoms with Gasteiger partial charge in [0.15, 0.2) is 34.9 Å². The zero-order valence-electron chi connectivity index (χ0n) is 60.1. The maximum absolute atomic E-state index is 5.52. The summed E-state index contributed by atoms with van der Waals surface area (Å²) in [5, 5.41) is 6.98. The molecule has 0 N–H and O–H groups in total. The van der Waals surface area contributed by atoms with E-state index < -0.39 is 10.8 Å². The van der Waals surface area contributed by atoms with Crippen LogP contribution in [-0.2, 0) is 10.8 Å². The molecule has 20 aromatic rings. The van der Waals surface area contributed by atoms with Crippen molar-refractivity contribution in [3.63, 3.8) is 0 Å². The van der Waals surface area contributed by atoms with Gasteiger partial charge in [-0.05, 0) is 140 Å². The van der Waals surface area contributed by atoms with Gasteiger partial charge in [0.25, 0.3) is 0 Å². The topological polar surface area (TPSA) is 77.3 Å². The van der Waals surface area contributed by atoms with E-state index in [0.29, 0.717) is 34.9 Å². The number of aromatic nitrogens is 6. The summed E-state index contributed by atoms with van der Waals surface area (Å²) in [5.41, 5.74) is 29.4. The molecule has 24 rings (SSSR count). The molecule has 1 atom stereocenters. The van der Waals surface area contributed by atoms with Crippen LogP contribution < -0.4 is 0 Å². The van der Waals surface area contributed by atoms with Crippen molar-refractivity contribution in [2.75, 3.05) is 0 Å². The second-order valence-corrected chi connectivity index (χ2v) is 31.8. The molecule has 0 radical (unpaired) electrons. The van der Waals surface area contributed by atoms with Crippen LogP contribution >= 0.6 is 22.7 Å². The standard InChI is InChI=1S/C104H60N6S2/c1-2-26-65(27-3-1)97-105-98(108-101(107-97)77-42-19-28-61-24-4-6-32-70(61)77)66-56-52-64(53-57-66)73-40-22-49-87-92(73)94-81-38-12-17-51-89(81)112-96(94)104(87)84-46-15-10-36-79(84)90-74(41-23-47-85(90)104)68-30-18-31-69(60-68)100-106-99(109-102(110-100)78-43-20-29-62-25-5-7-33-71(62)78)67-58-54-63(55-59-67)72-39-21-48-86-91(72)93-80-37-11-16-50-88(80)111-95(93)103(86)82-44-13-8-34-75(82)76-35-9-14-45-83(76)103/h1-60H. The third-order valence-electron chi connectivity index (χ3n) is 24.0. The van der Waals surface area contributed by atoms with Crippen molar-refractivity contribution in [2.45, 2.75) is 10.8 Å². The predicted molar refractivity (Wildman–Crippen MR) is 461 cm³/mol. The van der Waals surface area contributed by atoms with E-state index >= 15 is 0 Å². The molecule has 518 valence electrons. The number of benzene rings is 16. The van der Waals surface area contributed by atoms with Gasteiger partial charge in [-0.2, -0.15) is 0 Å². The van der Waals surface area contributed by atoms with Gasteiger partial charge in [-0.25, -0.2) is 29.9 Å². The fourth-order valence-electron chi connectivity index (χ4n) is 19.3. The Balaban J connectivity index is 0.632. The van der Waals surface area contributed by atoms with Crippen LogP contribution in [0.4, 0.5) is 0 Å². The first-order chi connectivity index (χ1) is 55.5. The zero-order valence-corrected chi connectivity index (χ0v) is 61.8. The Labute approximate surface area is 653 Å². The van der Waals surface area contributed by atoms with Crippen LogP contribution in [0.5, 0.6) is 0 Å². The molecule has 8 heteroatoms. The highest BCUT2D eigenvalue weighted by Gasteiger charge is 2.56. The Kier molecular flexibility index (Phi) is 13.6. The summed E-state index contributed by atoms with van der Waals surface area (Å²) in [6, 6.07) is 133. The van der Waals surface area contributed by atoms with Crippen LogP contribution in [0.1, 0.15) is 43.1 Å². The van der Waals surface area contributed by atoms with E-state index in [4.69, 9.17) is 29.9 Å². The van der Waals surface area contributed by atoms with Gasteiger partial charge in [-0.3, -0.25) is 0 Å². The van der Waals surface area contributed by atoms with Crippen molar-refractivity contribution in [3.8, 4) is 146 Å². The average Bonchev–Trinajstić information content (AvgIpc) is 1.50. The van der Waals surface area contributed by atoms with E-state index in [1.54, 1.807) is 0 Å². The van der Waals surface area contributed by atoms with E-state index in [9.17, 15) is 0 Å². The third-order valence-corrected chi connectivity index (χ3v) is 26.6. The molecule has 1 unspecified atom stereocenters. The number of rotatable bonds is 9. The summed E-state index contributed by atoms with van der Waals surface area (Å²) < 4.78 is 2.56. The number of hydrogen-bond acceptors (Lipinski definition) is 8. The van der Waals surface area contributed by atoms with Gasteiger partial charge in [0.2, 0.25) is 0 Å². The summed E-state index contributed by atoms with van der Waals surface area (Å²) in [7, 11) is 0. The quantitative estimate of drug-likeness (QED) is 0.143. The molecule has 6 nitrogen and oxygen atoms in total. The van der Waals surface area contributed by atoms with Gasteiger partial charge in [0.1, 0.15) is 0 Å². The Hall–Kier alpha value is -14.0. The lowest BCUT2D eigenvalue weighted by atomic mass is 9.73. The first-order valence-corrected chi connectivity index (χ1v) is 39.8. The molecule has 0 fully saturated rings. The van der Waals surface area contributed by atoms with Crippen molar-refractivity contribution in [1.29, 1.82) is 0 Å². The smallest absolute Gasteiger partial charge is 0.164 e. The Morgan fingerprint density at radius 1 is 0.179 bits per heavy atom. The largest absolute Gasteiger partial charge is 0.208 e. The first-order valence-electron chi connectivity index (χ1n) is 38.1. The fraction of sp³-hybridized carbons (Fsp3) is 0.0192. The number of hydrogen-bond donors (Lipinski definition) is 0. The van der Waals surface area contributed by atoms with Gasteiger partial charge in [-0.1, -0.05) is 346 Å². The predicted octanol–water partition coefficient (Wildman–Crippen LogP) is 26.5. The second kappa shape index (κ2) is 24.2. The maximum atomic E-state index is 5.52. The summed E-state index contributed by atoms with van der Waals surface area (Å²) in [5.74, 6) is 3.70. The second-order valence-electron chi connectivity index (χ2n) is 29.7. The highest BCUT2D eigenvalue weighted by molar-refractivity contribution is 7.20. The minimum atomic E-state index is -0.634. The lowest BCUT2D eigenvalue weighted by molar-refractivity contribution is 0.812. The number of fused-ring (bicyclic) bond motifs is 26. The molecule has 0 saturated carbocycles. The molecule has 16 aromatic carbocycles. The van der Waals surface area contributed by atoms with Gasteiger partial charge in [0.05, 0.1) is 10.8 Å². The third kappa shape index (κ3) is 8.95. The average molecular weight is 1460 g/mol. The summed E-state index contributed by atoms with van der Waals surface area (Å²) in [6.07, 6.45) is 0. The van der Waals surface area contributed by atoms with Crippen molar-refractivity contribution in [1.82, 2.24) is 29.9 Å². The van der Waals surface area contributed by atoms with Gasteiger partial charge >= 0.3 is 0 Å². The Morgan fingerprint density at radius 2 is 0.482 bits per heavy atom. The monoisotopic (exact) mass is 1460 g/mol. The SMILES string of the molecule is c1ccc(-c2nc(-c3ccc(-c4cccc5c4-c4c(sc6ccccc46)C54c5ccccc5-c5c(-c6cccc(-c7nc(-c8ccc(-c9cccc%10c9-c9c(sc%11ccccc9%11)C%109c%10ccccc%10-c%10ccccc%109)cc8)nc(-c8cccc9ccccc89)n7)c6)cccc54)cc3)nc(-c3cccc4ccccc34)n2)cc1. The first kappa shape index (κ1) is 63.0. The summed E-state index contributed by atoms with van der Waals surface area (Å²) in [4.78, 5) is 34.8. The molecule has 0 amide bonds. The minimum Gasteiger partial charge on any atom is -0.208 e.